The van der Waals surface area contributed by atoms with Gasteiger partial charge in [-0.25, -0.2) is 0 Å². The molecule has 0 saturated carbocycles. The minimum absolute atomic E-state index is 0.0548. The Hall–Kier alpha value is -0.830. The van der Waals surface area contributed by atoms with Crippen LogP contribution in [0.25, 0.3) is 0 Å². The van der Waals surface area contributed by atoms with Crippen LogP contribution in [-0.2, 0) is 10.3 Å². The van der Waals surface area contributed by atoms with Crippen molar-refractivity contribution in [3.63, 3.8) is 0 Å². The Morgan fingerprint density at radius 1 is 1.67 bits per heavy atom. The predicted octanol–water partition coefficient (Wildman–Crippen LogP) is 1.71. The first kappa shape index (κ1) is 7.80. The van der Waals surface area contributed by atoms with Gasteiger partial charge in [0.2, 0.25) is 0 Å². The predicted molar refractivity (Wildman–Crippen MR) is 45.9 cm³/mol. The summed E-state index contributed by atoms with van der Waals surface area (Å²) in [5.74, 6) is 0. The SMILES string of the molecule is CC(C)n1nccc1C1(C)CO1. The molecule has 0 radical (unpaired) electrons. The second kappa shape index (κ2) is 2.33. The van der Waals surface area contributed by atoms with Gasteiger partial charge in [0, 0.05) is 12.2 Å². The molecular formula is C9H14N2O. The summed E-state index contributed by atoms with van der Waals surface area (Å²) in [6.45, 7) is 7.18. The average molecular weight is 166 g/mol. The van der Waals surface area contributed by atoms with Crippen molar-refractivity contribution in [1.29, 1.82) is 0 Å². The topological polar surface area (TPSA) is 30.4 Å². The Bertz CT molecular complexity index is 286. The van der Waals surface area contributed by atoms with E-state index in [2.05, 4.69) is 25.9 Å². The van der Waals surface area contributed by atoms with Crippen molar-refractivity contribution in [2.24, 2.45) is 0 Å². The molecular weight excluding hydrogens is 152 g/mol. The molecule has 2 rings (SSSR count). The van der Waals surface area contributed by atoms with Crippen LogP contribution < -0.4 is 0 Å². The largest absolute Gasteiger partial charge is 0.363 e. The number of hydrogen-bond acceptors (Lipinski definition) is 2. The van der Waals surface area contributed by atoms with Crippen LogP contribution in [0.2, 0.25) is 0 Å². The van der Waals surface area contributed by atoms with Crippen molar-refractivity contribution < 1.29 is 4.74 Å². The summed E-state index contributed by atoms with van der Waals surface area (Å²) in [4.78, 5) is 0. The minimum Gasteiger partial charge on any atom is -0.363 e. The fraction of sp³-hybridized carbons (Fsp3) is 0.667. The van der Waals surface area contributed by atoms with Crippen molar-refractivity contribution >= 4 is 0 Å². The van der Waals surface area contributed by atoms with E-state index in [0.717, 1.165) is 6.61 Å². The first-order valence-corrected chi connectivity index (χ1v) is 4.31. The van der Waals surface area contributed by atoms with Gasteiger partial charge in [-0.1, -0.05) is 0 Å². The maximum absolute atomic E-state index is 5.37. The number of aromatic nitrogens is 2. The number of epoxide rings is 1. The zero-order valence-corrected chi connectivity index (χ0v) is 7.74. The third-order valence-corrected chi connectivity index (χ3v) is 2.28. The lowest BCUT2D eigenvalue weighted by Crippen LogP contribution is -2.14. The molecule has 0 bridgehead atoms. The Labute approximate surface area is 72.3 Å². The molecule has 1 atom stereocenters. The quantitative estimate of drug-likeness (QED) is 0.626. The van der Waals surface area contributed by atoms with Crippen LogP contribution >= 0.6 is 0 Å². The Balaban J connectivity index is 2.37. The van der Waals surface area contributed by atoms with Gasteiger partial charge in [0.25, 0.3) is 0 Å². The molecule has 0 aromatic carbocycles. The molecule has 0 amide bonds. The van der Waals surface area contributed by atoms with E-state index >= 15 is 0 Å². The van der Waals surface area contributed by atoms with E-state index in [4.69, 9.17) is 4.74 Å². The monoisotopic (exact) mass is 166 g/mol. The maximum Gasteiger partial charge on any atom is 0.130 e. The number of nitrogens with zero attached hydrogens (tertiary/aromatic N) is 2. The van der Waals surface area contributed by atoms with E-state index in [1.165, 1.54) is 5.69 Å². The Kier molecular flexibility index (Phi) is 1.51. The molecule has 1 aromatic heterocycles. The van der Waals surface area contributed by atoms with Gasteiger partial charge < -0.3 is 4.74 Å². The molecule has 3 heteroatoms. The van der Waals surface area contributed by atoms with Crippen LogP contribution in [0, 0.1) is 0 Å². The lowest BCUT2D eigenvalue weighted by molar-refractivity contribution is 0.306. The van der Waals surface area contributed by atoms with E-state index < -0.39 is 0 Å². The zero-order valence-electron chi connectivity index (χ0n) is 7.74. The van der Waals surface area contributed by atoms with Crippen LogP contribution in [0.3, 0.4) is 0 Å². The number of ether oxygens (including phenoxy) is 1. The summed E-state index contributed by atoms with van der Waals surface area (Å²) < 4.78 is 7.39. The van der Waals surface area contributed by atoms with Gasteiger partial charge in [-0.3, -0.25) is 4.68 Å². The summed E-state index contributed by atoms with van der Waals surface area (Å²) >= 11 is 0. The summed E-state index contributed by atoms with van der Waals surface area (Å²) in [6.07, 6.45) is 1.84. The second-order valence-electron chi connectivity index (χ2n) is 3.77. The molecule has 1 aliphatic heterocycles. The first-order chi connectivity index (χ1) is 5.63. The van der Waals surface area contributed by atoms with E-state index in [0.29, 0.717) is 6.04 Å². The Morgan fingerprint density at radius 3 is 2.83 bits per heavy atom. The first-order valence-electron chi connectivity index (χ1n) is 4.31. The molecule has 3 nitrogen and oxygen atoms in total. The lowest BCUT2D eigenvalue weighted by Gasteiger charge is -2.12. The van der Waals surface area contributed by atoms with Gasteiger partial charge >= 0.3 is 0 Å². The molecule has 1 unspecified atom stereocenters. The highest BCUT2D eigenvalue weighted by atomic mass is 16.6. The van der Waals surface area contributed by atoms with Crippen molar-refractivity contribution in [3.05, 3.63) is 18.0 Å². The van der Waals surface area contributed by atoms with E-state index in [-0.39, 0.29) is 5.60 Å². The van der Waals surface area contributed by atoms with E-state index in [1.54, 1.807) is 0 Å². The van der Waals surface area contributed by atoms with Crippen molar-refractivity contribution in [2.45, 2.75) is 32.4 Å². The summed E-state index contributed by atoms with van der Waals surface area (Å²) in [7, 11) is 0. The number of hydrogen-bond donors (Lipinski definition) is 0. The van der Waals surface area contributed by atoms with Gasteiger partial charge in [0.05, 0.1) is 12.3 Å². The normalized spacial score (nSPS) is 28.0. The molecule has 1 fully saturated rings. The van der Waals surface area contributed by atoms with Gasteiger partial charge in [-0.2, -0.15) is 5.10 Å². The molecule has 0 N–H and O–H groups in total. The highest BCUT2D eigenvalue weighted by Gasteiger charge is 2.44. The number of rotatable bonds is 2. The highest BCUT2D eigenvalue weighted by molar-refractivity contribution is 5.16. The van der Waals surface area contributed by atoms with Gasteiger partial charge in [-0.15, -0.1) is 0 Å². The van der Waals surface area contributed by atoms with Crippen molar-refractivity contribution in [3.8, 4) is 0 Å². The summed E-state index contributed by atoms with van der Waals surface area (Å²) in [5, 5.41) is 4.26. The molecule has 1 saturated heterocycles. The standard InChI is InChI=1S/C9H14N2O/c1-7(2)11-8(4-5-10-11)9(3)6-12-9/h4-5,7H,6H2,1-3H3. The summed E-state index contributed by atoms with van der Waals surface area (Å²) in [6, 6.07) is 2.45. The smallest absolute Gasteiger partial charge is 0.130 e. The molecule has 66 valence electrons. The zero-order chi connectivity index (χ0) is 8.77. The van der Waals surface area contributed by atoms with Crippen LogP contribution in [0.5, 0.6) is 0 Å². The van der Waals surface area contributed by atoms with Crippen LogP contribution in [-0.4, -0.2) is 16.4 Å². The van der Waals surface area contributed by atoms with Crippen LogP contribution in [0.4, 0.5) is 0 Å². The van der Waals surface area contributed by atoms with Gasteiger partial charge in [0.15, 0.2) is 0 Å². The highest BCUT2D eigenvalue weighted by Crippen LogP contribution is 2.38. The third kappa shape index (κ3) is 1.05. The minimum atomic E-state index is -0.0548. The summed E-state index contributed by atoms with van der Waals surface area (Å²) in [5.41, 5.74) is 1.14. The maximum atomic E-state index is 5.37. The second-order valence-corrected chi connectivity index (χ2v) is 3.77. The molecule has 1 aliphatic rings. The van der Waals surface area contributed by atoms with Crippen molar-refractivity contribution in [1.82, 2.24) is 9.78 Å². The Morgan fingerprint density at radius 2 is 2.33 bits per heavy atom. The molecule has 12 heavy (non-hydrogen) atoms. The third-order valence-electron chi connectivity index (χ3n) is 2.28. The van der Waals surface area contributed by atoms with Crippen LogP contribution in [0.1, 0.15) is 32.5 Å². The molecule has 0 spiro atoms. The van der Waals surface area contributed by atoms with Gasteiger partial charge in [-0.05, 0) is 26.8 Å². The fourth-order valence-electron chi connectivity index (χ4n) is 1.40. The van der Waals surface area contributed by atoms with Crippen LogP contribution in [0.15, 0.2) is 12.3 Å². The molecule has 2 heterocycles. The molecule has 1 aromatic rings. The van der Waals surface area contributed by atoms with Gasteiger partial charge in [0.1, 0.15) is 5.60 Å². The fourth-order valence-corrected chi connectivity index (χ4v) is 1.40. The lowest BCUT2D eigenvalue weighted by atomic mass is 10.1. The molecule has 0 aliphatic carbocycles. The van der Waals surface area contributed by atoms with E-state index in [9.17, 15) is 0 Å². The van der Waals surface area contributed by atoms with E-state index in [1.807, 2.05) is 16.9 Å². The van der Waals surface area contributed by atoms with Crippen molar-refractivity contribution in [2.75, 3.05) is 6.61 Å². The average Bonchev–Trinajstić information content (AvgIpc) is 2.61.